The molecule has 0 heterocycles. The van der Waals surface area contributed by atoms with E-state index in [1.54, 1.807) is 6.92 Å². The van der Waals surface area contributed by atoms with Crippen LogP contribution in [0.15, 0.2) is 30.3 Å². The highest BCUT2D eigenvalue weighted by atomic mass is 79.9. The Bertz CT molecular complexity index is 383. The van der Waals surface area contributed by atoms with Crippen LogP contribution in [0, 0.1) is 0 Å². The molecule has 0 saturated carbocycles. The summed E-state index contributed by atoms with van der Waals surface area (Å²) in [6.45, 7) is 1.52. The van der Waals surface area contributed by atoms with Gasteiger partial charge in [-0.25, -0.2) is 0 Å². The predicted molar refractivity (Wildman–Crippen MR) is 76.8 cm³/mol. The van der Waals surface area contributed by atoms with E-state index in [1.165, 1.54) is 0 Å². The quantitative estimate of drug-likeness (QED) is 0.602. The molecule has 0 fully saturated rings. The van der Waals surface area contributed by atoms with Crippen LogP contribution in [0.5, 0.6) is 0 Å². The largest absolute Gasteiger partial charge is 0.428 e. The van der Waals surface area contributed by atoms with E-state index < -0.39 is 15.5 Å². The van der Waals surface area contributed by atoms with Crippen molar-refractivity contribution in [2.45, 2.75) is 35.3 Å². The van der Waals surface area contributed by atoms with Crippen LogP contribution in [0.1, 0.15) is 18.9 Å². The summed E-state index contributed by atoms with van der Waals surface area (Å²) in [7, 11) is 0. The lowest BCUT2D eigenvalue weighted by Crippen LogP contribution is -2.49. The lowest BCUT2D eigenvalue weighted by molar-refractivity contribution is -0.232. The second-order valence-electron chi connectivity index (χ2n) is 4.07. The molecule has 1 nitrogen and oxygen atoms in total. The van der Waals surface area contributed by atoms with Crippen LogP contribution in [0.2, 0.25) is 0 Å². The first kappa shape index (κ1) is 17.0. The number of hydrogen-bond acceptors (Lipinski definition) is 1. The topological polar surface area (TPSA) is 9.23 Å². The number of alkyl halides is 5. The highest BCUT2D eigenvalue weighted by Gasteiger charge is 2.58. The SMILES string of the molecule is CCOC(Br)(C(Br)CCc1ccccc1)C(F)(F)F. The first-order chi connectivity index (χ1) is 8.81. The number of benzene rings is 1. The summed E-state index contributed by atoms with van der Waals surface area (Å²) in [5, 5.41) is 0. The van der Waals surface area contributed by atoms with E-state index in [9.17, 15) is 13.2 Å². The van der Waals surface area contributed by atoms with Gasteiger partial charge in [-0.05, 0) is 41.3 Å². The molecule has 1 aromatic rings. The third-order valence-corrected chi connectivity index (χ3v) is 5.62. The Morgan fingerprint density at radius 2 is 1.79 bits per heavy atom. The zero-order chi connectivity index (χ0) is 14.5. The van der Waals surface area contributed by atoms with Gasteiger partial charge in [0.2, 0.25) is 4.51 Å². The summed E-state index contributed by atoms with van der Waals surface area (Å²) in [4.78, 5) is -0.861. The van der Waals surface area contributed by atoms with Crippen LogP contribution in [0.3, 0.4) is 0 Å². The molecule has 0 aliphatic carbocycles. The first-order valence-electron chi connectivity index (χ1n) is 5.89. The third-order valence-electron chi connectivity index (χ3n) is 2.67. The molecule has 0 aromatic heterocycles. The van der Waals surface area contributed by atoms with Gasteiger partial charge in [0.15, 0.2) is 0 Å². The van der Waals surface area contributed by atoms with Crippen LogP contribution in [0.25, 0.3) is 0 Å². The van der Waals surface area contributed by atoms with Gasteiger partial charge in [0.1, 0.15) is 0 Å². The van der Waals surface area contributed by atoms with Gasteiger partial charge in [-0.15, -0.1) is 0 Å². The molecule has 0 aliphatic rings. The Morgan fingerprint density at radius 1 is 1.21 bits per heavy atom. The number of ether oxygens (including phenoxy) is 1. The molecule has 1 rings (SSSR count). The third kappa shape index (κ3) is 4.46. The summed E-state index contributed by atoms with van der Waals surface area (Å²) in [5.41, 5.74) is 1.00. The van der Waals surface area contributed by atoms with E-state index in [0.717, 1.165) is 5.56 Å². The first-order valence-corrected chi connectivity index (χ1v) is 7.59. The Labute approximate surface area is 127 Å². The molecule has 0 radical (unpaired) electrons. The van der Waals surface area contributed by atoms with E-state index in [4.69, 9.17) is 4.74 Å². The van der Waals surface area contributed by atoms with E-state index in [0.29, 0.717) is 12.8 Å². The molecule has 108 valence electrons. The summed E-state index contributed by atoms with van der Waals surface area (Å²) < 4.78 is 41.7. The van der Waals surface area contributed by atoms with Crippen molar-refractivity contribution in [3.8, 4) is 0 Å². The van der Waals surface area contributed by atoms with Crippen molar-refractivity contribution in [1.29, 1.82) is 0 Å². The van der Waals surface area contributed by atoms with Gasteiger partial charge in [0.05, 0.1) is 4.83 Å². The maximum atomic E-state index is 13.1. The average molecular weight is 404 g/mol. The molecule has 2 unspecified atom stereocenters. The predicted octanol–water partition coefficient (Wildman–Crippen LogP) is 5.07. The van der Waals surface area contributed by atoms with Crippen molar-refractivity contribution < 1.29 is 17.9 Å². The molecule has 0 N–H and O–H groups in total. The molecule has 19 heavy (non-hydrogen) atoms. The molecule has 0 bridgehead atoms. The molecular weight excluding hydrogens is 389 g/mol. The monoisotopic (exact) mass is 402 g/mol. The Hall–Kier alpha value is -0.0700. The molecule has 6 heteroatoms. The molecular formula is C13H15Br2F3O. The zero-order valence-corrected chi connectivity index (χ0v) is 13.6. The van der Waals surface area contributed by atoms with Crippen LogP contribution in [-0.4, -0.2) is 22.1 Å². The second kappa shape index (κ2) is 7.09. The molecule has 0 spiro atoms. The van der Waals surface area contributed by atoms with Gasteiger partial charge in [-0.1, -0.05) is 46.3 Å². The van der Waals surface area contributed by atoms with Crippen molar-refractivity contribution in [3.63, 3.8) is 0 Å². The highest BCUT2D eigenvalue weighted by Crippen LogP contribution is 2.45. The summed E-state index contributed by atoms with van der Waals surface area (Å²) in [6.07, 6.45) is -3.62. The fourth-order valence-corrected chi connectivity index (χ4v) is 2.76. The van der Waals surface area contributed by atoms with E-state index in [-0.39, 0.29) is 6.61 Å². The van der Waals surface area contributed by atoms with E-state index >= 15 is 0 Å². The lowest BCUT2D eigenvalue weighted by Gasteiger charge is -2.34. The normalized spacial score (nSPS) is 16.9. The summed E-state index contributed by atoms with van der Waals surface area (Å²) in [5.74, 6) is 0. The van der Waals surface area contributed by atoms with Crippen LogP contribution in [0.4, 0.5) is 13.2 Å². The van der Waals surface area contributed by atoms with Crippen molar-refractivity contribution in [3.05, 3.63) is 35.9 Å². The van der Waals surface area contributed by atoms with Crippen molar-refractivity contribution in [2.24, 2.45) is 0 Å². The molecule has 0 amide bonds. The smallest absolute Gasteiger partial charge is 0.354 e. The average Bonchev–Trinajstić information content (AvgIpc) is 2.36. The molecule has 0 aliphatic heterocycles. The van der Waals surface area contributed by atoms with Crippen LogP contribution >= 0.6 is 31.9 Å². The minimum absolute atomic E-state index is 0.0157. The standard InChI is InChI=1S/C13H15Br2F3O/c1-2-19-12(15,13(16,17)18)11(14)9-8-10-6-4-3-5-7-10/h3-7,11H,2,8-9H2,1H3. The van der Waals surface area contributed by atoms with Gasteiger partial charge in [0, 0.05) is 6.61 Å². The minimum Gasteiger partial charge on any atom is -0.354 e. The van der Waals surface area contributed by atoms with Crippen LogP contribution in [-0.2, 0) is 11.2 Å². The Balaban J connectivity index is 2.70. The summed E-state index contributed by atoms with van der Waals surface area (Å²) >= 11 is 5.81. The fraction of sp³-hybridized carbons (Fsp3) is 0.538. The van der Waals surface area contributed by atoms with Crippen molar-refractivity contribution in [1.82, 2.24) is 0 Å². The number of hydrogen-bond donors (Lipinski definition) is 0. The molecule has 1 aromatic carbocycles. The van der Waals surface area contributed by atoms with E-state index in [2.05, 4.69) is 31.9 Å². The number of halogens is 5. The molecule has 2 atom stereocenters. The van der Waals surface area contributed by atoms with Crippen molar-refractivity contribution in [2.75, 3.05) is 6.61 Å². The zero-order valence-electron chi connectivity index (χ0n) is 10.4. The van der Waals surface area contributed by atoms with Gasteiger partial charge < -0.3 is 4.74 Å². The Kier molecular flexibility index (Phi) is 6.33. The fourth-order valence-electron chi connectivity index (χ4n) is 1.68. The van der Waals surface area contributed by atoms with Crippen LogP contribution < -0.4 is 0 Å². The summed E-state index contributed by atoms with van der Waals surface area (Å²) in [6, 6.07) is 9.39. The van der Waals surface area contributed by atoms with Gasteiger partial charge in [-0.3, -0.25) is 0 Å². The van der Waals surface area contributed by atoms with E-state index in [1.807, 2.05) is 30.3 Å². The molecule has 0 saturated heterocycles. The number of aryl methyl sites for hydroxylation is 1. The highest BCUT2D eigenvalue weighted by molar-refractivity contribution is 9.12. The van der Waals surface area contributed by atoms with Gasteiger partial charge in [0.25, 0.3) is 0 Å². The maximum Gasteiger partial charge on any atom is 0.428 e. The Morgan fingerprint density at radius 3 is 2.26 bits per heavy atom. The minimum atomic E-state index is -4.48. The van der Waals surface area contributed by atoms with Gasteiger partial charge in [-0.2, -0.15) is 13.2 Å². The second-order valence-corrected chi connectivity index (χ2v) is 6.35. The number of rotatable bonds is 6. The maximum absolute atomic E-state index is 13.1. The van der Waals surface area contributed by atoms with Crippen molar-refractivity contribution >= 4 is 31.9 Å². The lowest BCUT2D eigenvalue weighted by atomic mass is 10.1. The van der Waals surface area contributed by atoms with Gasteiger partial charge >= 0.3 is 6.18 Å².